The molecule has 21 heavy (non-hydrogen) atoms. The highest BCUT2D eigenvalue weighted by atomic mass is 16.5. The molecule has 1 aliphatic carbocycles. The molecule has 2 nitrogen and oxygen atoms in total. The zero-order valence-corrected chi connectivity index (χ0v) is 14.2. The van der Waals surface area contributed by atoms with Gasteiger partial charge in [0, 0.05) is 0 Å². The molecule has 0 aromatic carbocycles. The van der Waals surface area contributed by atoms with Crippen LogP contribution in [0, 0.1) is 5.92 Å². The normalized spacial score (nSPS) is 21.8. The maximum Gasteiger partial charge on any atom is 0.308 e. The third kappa shape index (κ3) is 9.92. The Bertz CT molecular complexity index is 234. The molecule has 0 aliphatic heterocycles. The van der Waals surface area contributed by atoms with Crippen molar-refractivity contribution in [1.82, 2.24) is 0 Å². The van der Waals surface area contributed by atoms with E-state index in [0.717, 1.165) is 12.8 Å². The van der Waals surface area contributed by atoms with Gasteiger partial charge in [-0.2, -0.15) is 0 Å². The van der Waals surface area contributed by atoms with Crippen LogP contribution in [0.4, 0.5) is 0 Å². The summed E-state index contributed by atoms with van der Waals surface area (Å²) in [6.45, 7) is 2.43. The van der Waals surface area contributed by atoms with E-state index in [1.165, 1.54) is 83.5 Å². The van der Waals surface area contributed by atoms with Crippen molar-refractivity contribution in [2.75, 3.05) is 6.61 Å². The van der Waals surface area contributed by atoms with Crippen molar-refractivity contribution in [3.8, 4) is 0 Å². The summed E-state index contributed by atoms with van der Waals surface area (Å²) in [6.07, 6.45) is 19.6. The number of hydrogen-bond acceptors (Lipinski definition) is 2. The topological polar surface area (TPSA) is 26.3 Å². The third-order valence-electron chi connectivity index (χ3n) is 4.73. The van der Waals surface area contributed by atoms with Gasteiger partial charge in [-0.1, -0.05) is 83.5 Å². The summed E-state index contributed by atoms with van der Waals surface area (Å²) in [5.74, 6) is 0.219. The fourth-order valence-electron chi connectivity index (χ4n) is 3.37. The van der Waals surface area contributed by atoms with Crippen LogP contribution in [0.5, 0.6) is 0 Å². The Kier molecular flexibility index (Phi) is 11.6. The molecule has 0 radical (unpaired) electrons. The van der Waals surface area contributed by atoms with Crippen molar-refractivity contribution in [3.05, 3.63) is 0 Å². The van der Waals surface area contributed by atoms with Gasteiger partial charge in [0.15, 0.2) is 0 Å². The molecule has 0 spiro atoms. The van der Waals surface area contributed by atoms with Gasteiger partial charge >= 0.3 is 5.97 Å². The second-order valence-corrected chi connectivity index (χ2v) is 6.62. The van der Waals surface area contributed by atoms with Crippen LogP contribution in [-0.2, 0) is 9.53 Å². The first-order valence-electron chi connectivity index (χ1n) is 9.51. The van der Waals surface area contributed by atoms with Crippen molar-refractivity contribution in [2.24, 2.45) is 5.92 Å². The van der Waals surface area contributed by atoms with E-state index in [1.54, 1.807) is 0 Å². The Morgan fingerprint density at radius 2 is 1.05 bits per heavy atom. The van der Waals surface area contributed by atoms with E-state index < -0.39 is 0 Å². The van der Waals surface area contributed by atoms with Gasteiger partial charge in [-0.25, -0.2) is 0 Å². The lowest BCUT2D eigenvalue weighted by molar-refractivity contribution is -0.148. The predicted molar refractivity (Wildman–Crippen MR) is 89.4 cm³/mol. The maximum atomic E-state index is 12.0. The Hall–Kier alpha value is -0.530. The smallest absolute Gasteiger partial charge is 0.308 e. The molecule has 0 aromatic rings. The molecule has 1 rings (SSSR count). The van der Waals surface area contributed by atoms with E-state index >= 15 is 0 Å². The maximum absolute atomic E-state index is 12.0. The Labute approximate surface area is 132 Å². The van der Waals surface area contributed by atoms with Gasteiger partial charge in [0.25, 0.3) is 0 Å². The van der Waals surface area contributed by atoms with Gasteiger partial charge in [0.05, 0.1) is 12.5 Å². The Morgan fingerprint density at radius 3 is 1.38 bits per heavy atom. The van der Waals surface area contributed by atoms with E-state index in [4.69, 9.17) is 4.74 Å². The minimum absolute atomic E-state index is 0.0543. The molecule has 0 unspecified atom stereocenters. The number of carbonyl (C=O) groups is 1. The molecule has 1 saturated carbocycles. The lowest BCUT2D eigenvalue weighted by Crippen LogP contribution is -2.18. The molecule has 1 fully saturated rings. The van der Waals surface area contributed by atoms with E-state index in [9.17, 15) is 4.79 Å². The summed E-state index contributed by atoms with van der Waals surface area (Å²) in [6, 6.07) is 0. The Balaban J connectivity index is 2.32. The molecular weight excluding hydrogens is 260 g/mol. The number of hydrogen-bond donors (Lipinski definition) is 0. The van der Waals surface area contributed by atoms with Crippen molar-refractivity contribution in [2.45, 2.75) is 103 Å². The van der Waals surface area contributed by atoms with Gasteiger partial charge in [-0.3, -0.25) is 4.79 Å². The average Bonchev–Trinajstić information content (AvgIpc) is 2.47. The van der Waals surface area contributed by atoms with Crippen LogP contribution in [0.1, 0.15) is 103 Å². The summed E-state index contributed by atoms with van der Waals surface area (Å²) in [7, 11) is 0. The van der Waals surface area contributed by atoms with Gasteiger partial charge < -0.3 is 4.74 Å². The third-order valence-corrected chi connectivity index (χ3v) is 4.73. The standard InChI is InChI=1S/C19H36O2/c1-2-21-19(20)18-16-14-12-10-8-6-4-3-5-7-9-11-13-15-17-18/h18H,2-17H2,1H3. The van der Waals surface area contributed by atoms with Crippen LogP contribution in [0.3, 0.4) is 0 Å². The first-order chi connectivity index (χ1) is 10.3. The van der Waals surface area contributed by atoms with Crippen molar-refractivity contribution in [1.29, 1.82) is 0 Å². The second kappa shape index (κ2) is 13.2. The lowest BCUT2D eigenvalue weighted by Gasteiger charge is -2.15. The van der Waals surface area contributed by atoms with E-state index in [0.29, 0.717) is 6.61 Å². The largest absolute Gasteiger partial charge is 0.466 e. The zero-order chi connectivity index (χ0) is 15.2. The number of ether oxygens (including phenoxy) is 1. The predicted octanol–water partition coefficient (Wildman–Crippen LogP) is 6.03. The molecule has 1 aliphatic rings. The lowest BCUT2D eigenvalue weighted by atomic mass is 9.93. The zero-order valence-electron chi connectivity index (χ0n) is 14.2. The van der Waals surface area contributed by atoms with Gasteiger partial charge in [0.1, 0.15) is 0 Å². The number of esters is 1. The van der Waals surface area contributed by atoms with Crippen LogP contribution >= 0.6 is 0 Å². The van der Waals surface area contributed by atoms with Crippen molar-refractivity contribution in [3.63, 3.8) is 0 Å². The second-order valence-electron chi connectivity index (χ2n) is 6.62. The molecule has 0 N–H and O–H groups in total. The highest BCUT2D eigenvalue weighted by Crippen LogP contribution is 2.21. The first-order valence-corrected chi connectivity index (χ1v) is 9.51. The van der Waals surface area contributed by atoms with Gasteiger partial charge in [0.2, 0.25) is 0 Å². The van der Waals surface area contributed by atoms with Crippen LogP contribution in [-0.4, -0.2) is 12.6 Å². The molecule has 2 heteroatoms. The van der Waals surface area contributed by atoms with Gasteiger partial charge in [-0.05, 0) is 19.8 Å². The van der Waals surface area contributed by atoms with Crippen molar-refractivity contribution >= 4 is 5.97 Å². The summed E-state index contributed by atoms with van der Waals surface area (Å²) in [5, 5.41) is 0. The fraction of sp³-hybridized carbons (Fsp3) is 0.947. The molecule has 124 valence electrons. The summed E-state index contributed by atoms with van der Waals surface area (Å²) < 4.78 is 5.25. The van der Waals surface area contributed by atoms with Crippen LogP contribution < -0.4 is 0 Å². The van der Waals surface area contributed by atoms with E-state index in [-0.39, 0.29) is 11.9 Å². The molecule has 0 atom stereocenters. The van der Waals surface area contributed by atoms with Crippen molar-refractivity contribution < 1.29 is 9.53 Å². The molecular formula is C19H36O2. The van der Waals surface area contributed by atoms with E-state index in [2.05, 4.69) is 0 Å². The highest BCUT2D eigenvalue weighted by molar-refractivity contribution is 5.72. The molecule has 0 heterocycles. The molecule has 0 bridgehead atoms. The van der Waals surface area contributed by atoms with Crippen LogP contribution in [0.15, 0.2) is 0 Å². The minimum atomic E-state index is 0.0543. The summed E-state index contributed by atoms with van der Waals surface area (Å²) >= 11 is 0. The van der Waals surface area contributed by atoms with Crippen LogP contribution in [0.25, 0.3) is 0 Å². The number of rotatable bonds is 2. The number of carbonyl (C=O) groups excluding carboxylic acids is 1. The summed E-state index contributed by atoms with van der Waals surface area (Å²) in [4.78, 5) is 12.0. The van der Waals surface area contributed by atoms with E-state index in [1.807, 2.05) is 6.92 Å². The highest BCUT2D eigenvalue weighted by Gasteiger charge is 2.18. The summed E-state index contributed by atoms with van der Waals surface area (Å²) in [5.41, 5.74) is 0. The fourth-order valence-corrected chi connectivity index (χ4v) is 3.37. The molecule has 0 aromatic heterocycles. The SMILES string of the molecule is CCOC(=O)C1CCCCCCCCCCCCCCC1. The molecule has 0 amide bonds. The Morgan fingerprint density at radius 1 is 0.714 bits per heavy atom. The minimum Gasteiger partial charge on any atom is -0.466 e. The molecule has 0 saturated heterocycles. The quantitative estimate of drug-likeness (QED) is 0.581. The monoisotopic (exact) mass is 296 g/mol. The average molecular weight is 296 g/mol. The van der Waals surface area contributed by atoms with Gasteiger partial charge in [-0.15, -0.1) is 0 Å². The van der Waals surface area contributed by atoms with Crippen LogP contribution in [0.2, 0.25) is 0 Å². The first kappa shape index (κ1) is 18.5.